The summed E-state index contributed by atoms with van der Waals surface area (Å²) in [5.41, 5.74) is 3.75. The highest BCUT2D eigenvalue weighted by Gasteiger charge is 2.29. The number of carbonyl (C=O) groups is 1. The highest BCUT2D eigenvalue weighted by molar-refractivity contribution is 5.77. The van der Waals surface area contributed by atoms with Gasteiger partial charge in [0.15, 0.2) is 0 Å². The summed E-state index contributed by atoms with van der Waals surface area (Å²) in [5, 5.41) is 4.30. The molecule has 4 nitrogen and oxygen atoms in total. The van der Waals surface area contributed by atoms with Gasteiger partial charge in [0.25, 0.3) is 0 Å². The van der Waals surface area contributed by atoms with Gasteiger partial charge in [0, 0.05) is 38.7 Å². The molecule has 0 aliphatic carbocycles. The van der Waals surface area contributed by atoms with Crippen LogP contribution in [0, 0.1) is 5.92 Å². The molecule has 1 aromatic heterocycles. The smallest absolute Gasteiger partial charge is 0.223 e. The zero-order valence-corrected chi connectivity index (χ0v) is 13.5. The maximum atomic E-state index is 12.5. The molecule has 1 atom stereocenters. The molecule has 1 amide bonds. The molecule has 1 unspecified atom stereocenters. The van der Waals surface area contributed by atoms with Crippen LogP contribution in [0.5, 0.6) is 0 Å². The van der Waals surface area contributed by atoms with Crippen molar-refractivity contribution < 1.29 is 4.79 Å². The van der Waals surface area contributed by atoms with Crippen LogP contribution in [0.4, 0.5) is 0 Å². The maximum absolute atomic E-state index is 12.5. The molecule has 1 aliphatic heterocycles. The van der Waals surface area contributed by atoms with Crippen LogP contribution in [0.1, 0.15) is 42.9 Å². The van der Waals surface area contributed by atoms with Crippen molar-refractivity contribution in [1.82, 2.24) is 14.7 Å². The van der Waals surface area contributed by atoms with E-state index in [9.17, 15) is 4.79 Å². The Morgan fingerprint density at radius 1 is 1.36 bits per heavy atom. The van der Waals surface area contributed by atoms with Gasteiger partial charge in [-0.25, -0.2) is 0 Å². The number of amides is 1. The Morgan fingerprint density at radius 3 is 2.82 bits per heavy atom. The van der Waals surface area contributed by atoms with Crippen LogP contribution in [-0.2, 0) is 18.4 Å². The van der Waals surface area contributed by atoms with E-state index in [2.05, 4.69) is 49.4 Å². The Hall–Kier alpha value is -2.10. The third-order valence-electron chi connectivity index (χ3n) is 4.26. The fourth-order valence-electron chi connectivity index (χ4n) is 3.18. The molecule has 0 spiro atoms. The molecule has 0 saturated heterocycles. The number of rotatable bonds is 3. The van der Waals surface area contributed by atoms with Crippen molar-refractivity contribution in [1.29, 1.82) is 0 Å². The lowest BCUT2D eigenvalue weighted by atomic mass is 9.86. The summed E-state index contributed by atoms with van der Waals surface area (Å²) in [6.07, 6.45) is 4.58. The van der Waals surface area contributed by atoms with Gasteiger partial charge in [-0.2, -0.15) is 5.10 Å². The Bertz CT molecular complexity index is 674. The van der Waals surface area contributed by atoms with Gasteiger partial charge >= 0.3 is 0 Å². The minimum absolute atomic E-state index is 0.217. The molecule has 2 heterocycles. The van der Waals surface area contributed by atoms with Crippen molar-refractivity contribution in [2.45, 2.75) is 32.7 Å². The fraction of sp³-hybridized carbons (Fsp3) is 0.444. The van der Waals surface area contributed by atoms with E-state index >= 15 is 0 Å². The molecule has 22 heavy (non-hydrogen) atoms. The Balaban J connectivity index is 1.93. The average molecular weight is 297 g/mol. The van der Waals surface area contributed by atoms with Crippen molar-refractivity contribution in [3.63, 3.8) is 0 Å². The molecular weight excluding hydrogens is 274 g/mol. The summed E-state index contributed by atoms with van der Waals surface area (Å²) in [5.74, 6) is 0.856. The first-order valence-electron chi connectivity index (χ1n) is 7.88. The molecule has 0 N–H and O–H groups in total. The highest BCUT2D eigenvalue weighted by atomic mass is 16.2. The lowest BCUT2D eigenvalue weighted by molar-refractivity contribution is -0.133. The predicted molar refractivity (Wildman–Crippen MR) is 86.4 cm³/mol. The second kappa shape index (κ2) is 5.95. The first-order valence-corrected chi connectivity index (χ1v) is 7.88. The zero-order valence-electron chi connectivity index (χ0n) is 13.5. The molecule has 4 heteroatoms. The lowest BCUT2D eigenvalue weighted by Crippen LogP contribution is -2.39. The topological polar surface area (TPSA) is 38.1 Å². The molecule has 3 rings (SSSR count). The van der Waals surface area contributed by atoms with Crippen LogP contribution >= 0.6 is 0 Å². The summed E-state index contributed by atoms with van der Waals surface area (Å²) in [6, 6.07) is 8.44. The van der Waals surface area contributed by atoms with E-state index in [0.29, 0.717) is 12.3 Å². The number of hydrogen-bond donors (Lipinski definition) is 0. The van der Waals surface area contributed by atoms with Crippen molar-refractivity contribution in [2.75, 3.05) is 6.54 Å². The Labute approximate surface area is 131 Å². The average Bonchev–Trinajstić information content (AvgIpc) is 2.91. The molecule has 0 fully saturated rings. The molecular formula is C18H23N3O. The Kier molecular flexibility index (Phi) is 4.01. The second-order valence-corrected chi connectivity index (χ2v) is 6.57. The predicted octanol–water partition coefficient (Wildman–Crippen LogP) is 2.94. The fourth-order valence-corrected chi connectivity index (χ4v) is 3.18. The van der Waals surface area contributed by atoms with Gasteiger partial charge in [-0.1, -0.05) is 38.1 Å². The quantitative estimate of drug-likeness (QED) is 0.873. The van der Waals surface area contributed by atoms with Gasteiger partial charge in [-0.3, -0.25) is 9.48 Å². The largest absolute Gasteiger partial charge is 0.337 e. The molecule has 0 saturated carbocycles. The number of benzene rings is 1. The van der Waals surface area contributed by atoms with Gasteiger partial charge in [-0.05, 0) is 22.6 Å². The molecule has 116 valence electrons. The van der Waals surface area contributed by atoms with Crippen LogP contribution in [0.15, 0.2) is 36.7 Å². The van der Waals surface area contributed by atoms with E-state index in [1.54, 1.807) is 0 Å². The lowest BCUT2D eigenvalue weighted by Gasteiger charge is -2.35. The molecule has 0 bridgehead atoms. The second-order valence-electron chi connectivity index (χ2n) is 6.57. The minimum Gasteiger partial charge on any atom is -0.337 e. The van der Waals surface area contributed by atoms with Crippen molar-refractivity contribution in [3.8, 4) is 0 Å². The van der Waals surface area contributed by atoms with E-state index < -0.39 is 0 Å². The van der Waals surface area contributed by atoms with Crippen LogP contribution in [0.2, 0.25) is 0 Å². The first kappa shape index (κ1) is 14.8. The molecule has 2 aromatic rings. The number of aromatic nitrogens is 2. The van der Waals surface area contributed by atoms with Crippen LogP contribution in [0.3, 0.4) is 0 Å². The standard InChI is InChI=1S/C18H23N3O/c1-13(2)8-18(22)21-11-14-6-4-5-7-16(14)17(12-21)15-9-19-20(3)10-15/h4-7,9-10,13,17H,8,11-12H2,1-3H3. The number of carbonyl (C=O) groups excluding carboxylic acids is 1. The van der Waals surface area contributed by atoms with Gasteiger partial charge in [-0.15, -0.1) is 0 Å². The third-order valence-corrected chi connectivity index (χ3v) is 4.26. The van der Waals surface area contributed by atoms with Gasteiger partial charge in [0.1, 0.15) is 0 Å². The van der Waals surface area contributed by atoms with E-state index in [-0.39, 0.29) is 11.8 Å². The molecule has 1 aromatic carbocycles. The molecule has 1 aliphatic rings. The van der Waals surface area contributed by atoms with Crippen LogP contribution < -0.4 is 0 Å². The molecule has 0 radical (unpaired) electrons. The highest BCUT2D eigenvalue weighted by Crippen LogP contribution is 2.33. The van der Waals surface area contributed by atoms with Gasteiger partial charge in [0.2, 0.25) is 5.91 Å². The first-order chi connectivity index (χ1) is 10.5. The summed E-state index contributed by atoms with van der Waals surface area (Å²) >= 11 is 0. The van der Waals surface area contributed by atoms with Gasteiger partial charge < -0.3 is 4.90 Å². The van der Waals surface area contributed by atoms with Crippen LogP contribution in [0.25, 0.3) is 0 Å². The zero-order chi connectivity index (χ0) is 15.7. The third kappa shape index (κ3) is 2.91. The summed E-state index contributed by atoms with van der Waals surface area (Å²) in [4.78, 5) is 14.5. The summed E-state index contributed by atoms with van der Waals surface area (Å²) in [7, 11) is 1.93. The van der Waals surface area contributed by atoms with E-state index in [0.717, 1.165) is 13.1 Å². The monoisotopic (exact) mass is 297 g/mol. The SMILES string of the molecule is CC(C)CC(=O)N1Cc2ccccc2C(c2cnn(C)c2)C1. The summed E-state index contributed by atoms with van der Waals surface area (Å²) in [6.45, 7) is 5.65. The number of aryl methyl sites for hydroxylation is 1. The normalized spacial score (nSPS) is 17.6. The van der Waals surface area contributed by atoms with Gasteiger partial charge in [0.05, 0.1) is 6.20 Å². The van der Waals surface area contributed by atoms with Crippen molar-refractivity contribution in [2.24, 2.45) is 13.0 Å². The number of fused-ring (bicyclic) bond motifs is 1. The van der Waals surface area contributed by atoms with E-state index in [1.807, 2.05) is 22.8 Å². The summed E-state index contributed by atoms with van der Waals surface area (Å²) < 4.78 is 1.83. The van der Waals surface area contributed by atoms with E-state index in [4.69, 9.17) is 0 Å². The number of nitrogens with zero attached hydrogens (tertiary/aromatic N) is 3. The van der Waals surface area contributed by atoms with Crippen molar-refractivity contribution in [3.05, 3.63) is 53.3 Å². The maximum Gasteiger partial charge on any atom is 0.223 e. The van der Waals surface area contributed by atoms with Crippen LogP contribution in [-0.4, -0.2) is 27.1 Å². The Morgan fingerprint density at radius 2 is 2.14 bits per heavy atom. The minimum atomic E-state index is 0.217. The number of hydrogen-bond acceptors (Lipinski definition) is 2. The van der Waals surface area contributed by atoms with Crippen molar-refractivity contribution >= 4 is 5.91 Å². The van der Waals surface area contributed by atoms with E-state index in [1.165, 1.54) is 16.7 Å².